The third kappa shape index (κ3) is 3.72. The van der Waals surface area contributed by atoms with Gasteiger partial charge in [0.05, 0.1) is 0 Å². The van der Waals surface area contributed by atoms with Crippen molar-refractivity contribution in [3.05, 3.63) is 64.7 Å². The van der Waals surface area contributed by atoms with Crippen LogP contribution in [-0.4, -0.2) is 5.78 Å². The van der Waals surface area contributed by atoms with E-state index >= 15 is 0 Å². The van der Waals surface area contributed by atoms with Crippen LogP contribution in [0, 0.1) is 6.92 Å². The Bertz CT molecular complexity index is 648. The molecule has 2 rings (SSSR count). The second-order valence-electron chi connectivity index (χ2n) is 6.62. The molecule has 0 aliphatic carbocycles. The Morgan fingerprint density at radius 3 is 2.19 bits per heavy atom. The molecule has 0 bridgehead atoms. The van der Waals surface area contributed by atoms with E-state index in [0.29, 0.717) is 17.7 Å². The standard InChI is InChI=1S/C19H23NO/c1-13-5-8-15(12-17(13)20)18(21)11-14-6-9-16(10-7-14)19(2,3)4/h5-10,12H,11,20H2,1-4H3. The van der Waals surface area contributed by atoms with Crippen LogP contribution in [0.1, 0.15) is 47.8 Å². The number of ketones is 1. The van der Waals surface area contributed by atoms with E-state index in [1.165, 1.54) is 5.56 Å². The summed E-state index contributed by atoms with van der Waals surface area (Å²) in [6.07, 6.45) is 0.410. The minimum absolute atomic E-state index is 0.102. The van der Waals surface area contributed by atoms with Crippen LogP contribution in [0.3, 0.4) is 0 Å². The first kappa shape index (κ1) is 15.3. The summed E-state index contributed by atoms with van der Waals surface area (Å²) in [4.78, 5) is 12.3. The van der Waals surface area contributed by atoms with Gasteiger partial charge in [-0.3, -0.25) is 4.79 Å². The summed E-state index contributed by atoms with van der Waals surface area (Å²) in [6.45, 7) is 8.49. The number of Topliss-reactive ketones (excluding diaryl/α,β-unsaturated/α-hetero) is 1. The molecule has 0 amide bonds. The van der Waals surface area contributed by atoms with Gasteiger partial charge in [-0.2, -0.15) is 0 Å². The molecule has 0 unspecified atom stereocenters. The van der Waals surface area contributed by atoms with Crippen LogP contribution in [0.4, 0.5) is 5.69 Å². The number of carbonyl (C=O) groups is 1. The van der Waals surface area contributed by atoms with E-state index in [2.05, 4.69) is 32.9 Å². The van der Waals surface area contributed by atoms with Crippen LogP contribution >= 0.6 is 0 Å². The van der Waals surface area contributed by atoms with E-state index in [4.69, 9.17) is 5.73 Å². The molecular formula is C19H23NO. The van der Waals surface area contributed by atoms with Gasteiger partial charge >= 0.3 is 0 Å². The number of nitrogen functional groups attached to an aromatic ring is 1. The van der Waals surface area contributed by atoms with Gasteiger partial charge in [-0.05, 0) is 35.1 Å². The highest BCUT2D eigenvalue weighted by Gasteiger charge is 2.14. The van der Waals surface area contributed by atoms with Gasteiger partial charge in [0.15, 0.2) is 5.78 Å². The van der Waals surface area contributed by atoms with Crippen molar-refractivity contribution in [2.75, 3.05) is 5.73 Å². The predicted octanol–water partition coefficient (Wildman–Crippen LogP) is 4.30. The normalized spacial score (nSPS) is 11.4. The topological polar surface area (TPSA) is 43.1 Å². The SMILES string of the molecule is Cc1ccc(C(=O)Cc2ccc(C(C)(C)C)cc2)cc1N. The van der Waals surface area contributed by atoms with Crippen molar-refractivity contribution in [1.82, 2.24) is 0 Å². The van der Waals surface area contributed by atoms with Gasteiger partial charge in [0.2, 0.25) is 0 Å². The van der Waals surface area contributed by atoms with E-state index in [9.17, 15) is 4.79 Å². The highest BCUT2D eigenvalue weighted by molar-refractivity contribution is 5.98. The number of anilines is 1. The molecule has 0 saturated carbocycles. The van der Waals surface area contributed by atoms with Crippen molar-refractivity contribution in [2.45, 2.75) is 39.5 Å². The summed E-state index contributed by atoms with van der Waals surface area (Å²) >= 11 is 0. The van der Waals surface area contributed by atoms with Crippen LogP contribution in [0.2, 0.25) is 0 Å². The number of rotatable bonds is 3. The molecule has 0 heterocycles. The molecule has 110 valence electrons. The van der Waals surface area contributed by atoms with Crippen molar-refractivity contribution in [3.8, 4) is 0 Å². The Hall–Kier alpha value is -2.09. The molecule has 0 aromatic heterocycles. The fourth-order valence-electron chi connectivity index (χ4n) is 2.22. The molecule has 2 nitrogen and oxygen atoms in total. The van der Waals surface area contributed by atoms with Gasteiger partial charge in [0.1, 0.15) is 0 Å². The molecule has 2 aromatic rings. The lowest BCUT2D eigenvalue weighted by Gasteiger charge is -2.19. The lowest BCUT2D eigenvalue weighted by molar-refractivity contribution is 0.0993. The maximum Gasteiger partial charge on any atom is 0.167 e. The molecule has 2 heteroatoms. The zero-order valence-corrected chi connectivity index (χ0v) is 13.2. The molecule has 2 N–H and O–H groups in total. The van der Waals surface area contributed by atoms with Crippen LogP contribution in [0.15, 0.2) is 42.5 Å². The maximum absolute atomic E-state index is 12.3. The predicted molar refractivity (Wildman–Crippen MR) is 88.8 cm³/mol. The quantitative estimate of drug-likeness (QED) is 0.673. The van der Waals surface area contributed by atoms with Crippen molar-refractivity contribution in [2.24, 2.45) is 0 Å². The van der Waals surface area contributed by atoms with Crippen molar-refractivity contribution >= 4 is 11.5 Å². The summed E-state index contributed by atoms with van der Waals surface area (Å²) in [7, 11) is 0. The average molecular weight is 281 g/mol. The number of benzene rings is 2. The van der Waals surface area contributed by atoms with Gasteiger partial charge in [-0.1, -0.05) is 57.2 Å². The van der Waals surface area contributed by atoms with Crippen molar-refractivity contribution < 1.29 is 4.79 Å². The average Bonchev–Trinajstić information content (AvgIpc) is 2.41. The Morgan fingerprint density at radius 2 is 1.67 bits per heavy atom. The molecular weight excluding hydrogens is 258 g/mol. The van der Waals surface area contributed by atoms with Crippen molar-refractivity contribution in [1.29, 1.82) is 0 Å². The molecule has 21 heavy (non-hydrogen) atoms. The van der Waals surface area contributed by atoms with E-state index < -0.39 is 0 Å². The second-order valence-corrected chi connectivity index (χ2v) is 6.62. The fourth-order valence-corrected chi connectivity index (χ4v) is 2.22. The molecule has 0 atom stereocenters. The lowest BCUT2D eigenvalue weighted by Crippen LogP contribution is -2.11. The zero-order chi connectivity index (χ0) is 15.6. The molecule has 0 spiro atoms. The molecule has 2 aromatic carbocycles. The molecule has 0 aliphatic rings. The number of hydrogen-bond acceptors (Lipinski definition) is 2. The van der Waals surface area contributed by atoms with Crippen LogP contribution < -0.4 is 5.73 Å². The van der Waals surface area contributed by atoms with Gasteiger partial charge in [-0.15, -0.1) is 0 Å². The van der Waals surface area contributed by atoms with E-state index in [1.54, 1.807) is 6.07 Å². The number of nitrogens with two attached hydrogens (primary N) is 1. The van der Waals surface area contributed by atoms with E-state index in [0.717, 1.165) is 11.1 Å². The lowest BCUT2D eigenvalue weighted by atomic mass is 9.86. The van der Waals surface area contributed by atoms with Crippen molar-refractivity contribution in [3.63, 3.8) is 0 Å². The largest absolute Gasteiger partial charge is 0.398 e. The zero-order valence-electron chi connectivity index (χ0n) is 13.2. The molecule has 0 radical (unpaired) electrons. The molecule has 0 saturated heterocycles. The van der Waals surface area contributed by atoms with E-state index in [1.807, 2.05) is 31.2 Å². The van der Waals surface area contributed by atoms with E-state index in [-0.39, 0.29) is 11.2 Å². The van der Waals surface area contributed by atoms with Crippen LogP contribution in [-0.2, 0) is 11.8 Å². The fraction of sp³-hybridized carbons (Fsp3) is 0.316. The second kappa shape index (κ2) is 5.72. The number of hydrogen-bond donors (Lipinski definition) is 1. The third-order valence-electron chi connectivity index (χ3n) is 3.79. The summed E-state index contributed by atoms with van der Waals surface area (Å²) in [6, 6.07) is 13.8. The third-order valence-corrected chi connectivity index (χ3v) is 3.79. The first-order valence-corrected chi connectivity index (χ1v) is 7.26. The monoisotopic (exact) mass is 281 g/mol. The minimum Gasteiger partial charge on any atom is -0.398 e. The summed E-state index contributed by atoms with van der Waals surface area (Å²) in [5.41, 5.74) is 10.7. The van der Waals surface area contributed by atoms with Crippen LogP contribution in [0.25, 0.3) is 0 Å². The summed E-state index contributed by atoms with van der Waals surface area (Å²) < 4.78 is 0. The summed E-state index contributed by atoms with van der Waals surface area (Å²) in [5, 5.41) is 0. The van der Waals surface area contributed by atoms with Gasteiger partial charge in [0, 0.05) is 17.7 Å². The number of carbonyl (C=O) groups excluding carboxylic acids is 1. The maximum atomic E-state index is 12.3. The van der Waals surface area contributed by atoms with Crippen LogP contribution in [0.5, 0.6) is 0 Å². The van der Waals surface area contributed by atoms with Gasteiger partial charge in [0.25, 0.3) is 0 Å². The molecule has 0 fully saturated rings. The van der Waals surface area contributed by atoms with Gasteiger partial charge in [-0.25, -0.2) is 0 Å². The number of aryl methyl sites for hydroxylation is 1. The Labute approximate surface area is 127 Å². The first-order chi connectivity index (χ1) is 9.77. The highest BCUT2D eigenvalue weighted by Crippen LogP contribution is 2.22. The Kier molecular flexibility index (Phi) is 4.17. The smallest absolute Gasteiger partial charge is 0.167 e. The highest BCUT2D eigenvalue weighted by atomic mass is 16.1. The minimum atomic E-state index is 0.102. The first-order valence-electron chi connectivity index (χ1n) is 7.26. The summed E-state index contributed by atoms with van der Waals surface area (Å²) in [5.74, 6) is 0.102. The van der Waals surface area contributed by atoms with Gasteiger partial charge < -0.3 is 5.73 Å². The Morgan fingerprint density at radius 1 is 1.05 bits per heavy atom. The molecule has 0 aliphatic heterocycles. The Balaban J connectivity index is 2.14.